The molecule has 1 aromatic heterocycles. The summed E-state index contributed by atoms with van der Waals surface area (Å²) in [5.41, 5.74) is 1.32. The molecule has 0 fully saturated rings. The minimum absolute atomic E-state index is 0.226. The van der Waals surface area contributed by atoms with E-state index < -0.39 is 0 Å². The van der Waals surface area contributed by atoms with Crippen LogP contribution >= 0.6 is 0 Å². The fourth-order valence-corrected chi connectivity index (χ4v) is 1.77. The van der Waals surface area contributed by atoms with Gasteiger partial charge >= 0.3 is 0 Å². The maximum Gasteiger partial charge on any atom is 0.240 e. The minimum Gasteiger partial charge on any atom is -0.343 e. The summed E-state index contributed by atoms with van der Waals surface area (Å²) in [6.45, 7) is 4.02. The Balaban J connectivity index is 2.81. The Morgan fingerprint density at radius 1 is 1.44 bits per heavy atom. The van der Waals surface area contributed by atoms with E-state index in [9.17, 15) is 9.18 Å². The SMILES string of the molecule is CC(C)n1cc(N=C=O)c2cc(F)ccc21. The molecular formula is C12H11FN2O. The van der Waals surface area contributed by atoms with Gasteiger partial charge in [0.05, 0.1) is 5.52 Å². The second-order valence-electron chi connectivity index (χ2n) is 3.88. The van der Waals surface area contributed by atoms with Gasteiger partial charge in [-0.15, -0.1) is 0 Å². The lowest BCUT2D eigenvalue weighted by molar-refractivity contribution is 0.565. The maximum absolute atomic E-state index is 13.1. The van der Waals surface area contributed by atoms with Crippen molar-refractivity contribution in [2.24, 2.45) is 4.99 Å². The van der Waals surface area contributed by atoms with E-state index in [1.807, 2.05) is 18.4 Å². The number of rotatable bonds is 2. The molecule has 1 heterocycles. The molecule has 0 amide bonds. The van der Waals surface area contributed by atoms with E-state index in [0.717, 1.165) is 5.52 Å². The van der Waals surface area contributed by atoms with Crippen LogP contribution in [0, 0.1) is 5.82 Å². The van der Waals surface area contributed by atoms with Gasteiger partial charge in [-0.3, -0.25) is 0 Å². The van der Waals surface area contributed by atoms with Crippen molar-refractivity contribution in [3.8, 4) is 0 Å². The van der Waals surface area contributed by atoms with Crippen LogP contribution in [-0.2, 0) is 4.79 Å². The molecule has 3 nitrogen and oxygen atoms in total. The number of isocyanates is 1. The van der Waals surface area contributed by atoms with Gasteiger partial charge in [-0.1, -0.05) is 0 Å². The monoisotopic (exact) mass is 218 g/mol. The summed E-state index contributed by atoms with van der Waals surface area (Å²) < 4.78 is 15.1. The van der Waals surface area contributed by atoms with E-state index in [1.54, 1.807) is 12.3 Å². The number of nitrogens with zero attached hydrogens (tertiary/aromatic N) is 2. The Hall–Kier alpha value is -1.93. The highest BCUT2D eigenvalue weighted by Crippen LogP contribution is 2.30. The fourth-order valence-electron chi connectivity index (χ4n) is 1.77. The molecule has 2 rings (SSSR count). The number of hydrogen-bond acceptors (Lipinski definition) is 2. The first-order valence-corrected chi connectivity index (χ1v) is 5.01. The molecule has 0 aliphatic heterocycles. The molecule has 82 valence electrons. The zero-order valence-corrected chi connectivity index (χ0v) is 9.07. The molecule has 2 aromatic rings. The molecule has 0 radical (unpaired) electrons. The van der Waals surface area contributed by atoms with Crippen LogP contribution < -0.4 is 0 Å². The van der Waals surface area contributed by atoms with Crippen molar-refractivity contribution in [3.63, 3.8) is 0 Å². The van der Waals surface area contributed by atoms with E-state index in [2.05, 4.69) is 4.99 Å². The van der Waals surface area contributed by atoms with Crippen LogP contribution in [0.25, 0.3) is 10.9 Å². The molecule has 16 heavy (non-hydrogen) atoms. The van der Waals surface area contributed by atoms with Gasteiger partial charge in [-0.05, 0) is 32.0 Å². The van der Waals surface area contributed by atoms with E-state index in [1.165, 1.54) is 18.2 Å². The summed E-state index contributed by atoms with van der Waals surface area (Å²) in [6.07, 6.45) is 3.22. The summed E-state index contributed by atoms with van der Waals surface area (Å²) in [4.78, 5) is 13.9. The van der Waals surface area contributed by atoms with Crippen molar-refractivity contribution in [1.29, 1.82) is 0 Å². The number of aromatic nitrogens is 1. The number of carbonyl (C=O) groups excluding carboxylic acids is 1. The largest absolute Gasteiger partial charge is 0.343 e. The number of hydrogen-bond donors (Lipinski definition) is 0. The van der Waals surface area contributed by atoms with Gasteiger partial charge in [0.15, 0.2) is 0 Å². The molecule has 0 spiro atoms. The standard InChI is InChI=1S/C12H11FN2O/c1-8(2)15-6-11(14-7-16)10-5-9(13)3-4-12(10)15/h3-6,8H,1-2H3. The average molecular weight is 218 g/mol. The molecule has 0 aliphatic rings. The van der Waals surface area contributed by atoms with Gasteiger partial charge in [0, 0.05) is 17.6 Å². The molecule has 0 N–H and O–H groups in total. The zero-order valence-electron chi connectivity index (χ0n) is 9.07. The van der Waals surface area contributed by atoms with E-state index in [4.69, 9.17) is 0 Å². The van der Waals surface area contributed by atoms with Crippen molar-refractivity contribution in [2.75, 3.05) is 0 Å². The predicted molar refractivity (Wildman–Crippen MR) is 60.1 cm³/mol. The van der Waals surface area contributed by atoms with Gasteiger partial charge in [0.2, 0.25) is 6.08 Å². The molecule has 0 bridgehead atoms. The van der Waals surface area contributed by atoms with Gasteiger partial charge in [-0.25, -0.2) is 9.18 Å². The highest BCUT2D eigenvalue weighted by atomic mass is 19.1. The number of fused-ring (bicyclic) bond motifs is 1. The number of benzene rings is 1. The molecular weight excluding hydrogens is 207 g/mol. The van der Waals surface area contributed by atoms with Crippen LogP contribution in [0.3, 0.4) is 0 Å². The van der Waals surface area contributed by atoms with Crippen molar-refractivity contribution >= 4 is 22.7 Å². The lowest BCUT2D eigenvalue weighted by Crippen LogP contribution is -1.97. The van der Waals surface area contributed by atoms with E-state index in [0.29, 0.717) is 11.1 Å². The molecule has 0 saturated heterocycles. The highest BCUT2D eigenvalue weighted by Gasteiger charge is 2.10. The van der Waals surface area contributed by atoms with Crippen molar-refractivity contribution in [2.45, 2.75) is 19.9 Å². The van der Waals surface area contributed by atoms with Crippen LogP contribution in [0.1, 0.15) is 19.9 Å². The molecule has 0 unspecified atom stereocenters. The Labute approximate surface area is 92.2 Å². The topological polar surface area (TPSA) is 34.4 Å². The third-order valence-electron chi connectivity index (χ3n) is 2.50. The van der Waals surface area contributed by atoms with Gasteiger partial charge < -0.3 is 4.57 Å². The predicted octanol–water partition coefficient (Wildman–Crippen LogP) is 3.33. The summed E-state index contributed by atoms with van der Waals surface area (Å²) in [5.74, 6) is -0.337. The smallest absolute Gasteiger partial charge is 0.240 e. The minimum atomic E-state index is -0.337. The second kappa shape index (κ2) is 3.91. The Bertz CT molecular complexity index is 580. The summed E-state index contributed by atoms with van der Waals surface area (Å²) in [5, 5.41) is 0.636. The van der Waals surface area contributed by atoms with Crippen LogP contribution in [0.4, 0.5) is 10.1 Å². The summed E-state index contributed by atoms with van der Waals surface area (Å²) in [6, 6.07) is 4.69. The third kappa shape index (κ3) is 1.64. The summed E-state index contributed by atoms with van der Waals surface area (Å²) in [7, 11) is 0. The highest BCUT2D eigenvalue weighted by molar-refractivity contribution is 5.92. The molecule has 4 heteroatoms. The maximum atomic E-state index is 13.1. The second-order valence-corrected chi connectivity index (χ2v) is 3.88. The first-order valence-electron chi connectivity index (χ1n) is 5.01. The van der Waals surface area contributed by atoms with Crippen molar-refractivity contribution in [3.05, 3.63) is 30.2 Å². The van der Waals surface area contributed by atoms with Crippen molar-refractivity contribution in [1.82, 2.24) is 4.57 Å². The average Bonchev–Trinajstić information content (AvgIpc) is 2.58. The summed E-state index contributed by atoms with van der Waals surface area (Å²) >= 11 is 0. The molecule has 0 aliphatic carbocycles. The van der Waals surface area contributed by atoms with Gasteiger partial charge in [0.25, 0.3) is 0 Å². The normalized spacial score (nSPS) is 10.8. The number of halogens is 1. The van der Waals surface area contributed by atoms with Crippen LogP contribution in [0.2, 0.25) is 0 Å². The molecule has 0 atom stereocenters. The van der Waals surface area contributed by atoms with Gasteiger partial charge in [0.1, 0.15) is 11.5 Å². The lowest BCUT2D eigenvalue weighted by Gasteiger charge is -2.08. The van der Waals surface area contributed by atoms with Crippen LogP contribution in [-0.4, -0.2) is 10.6 Å². The van der Waals surface area contributed by atoms with Gasteiger partial charge in [-0.2, -0.15) is 4.99 Å². The Kier molecular flexibility index (Phi) is 2.59. The van der Waals surface area contributed by atoms with E-state index >= 15 is 0 Å². The van der Waals surface area contributed by atoms with Crippen molar-refractivity contribution < 1.29 is 9.18 Å². The lowest BCUT2D eigenvalue weighted by atomic mass is 10.2. The van der Waals surface area contributed by atoms with Crippen LogP contribution in [0.5, 0.6) is 0 Å². The number of aliphatic imine (C=N–C) groups is 1. The molecule has 0 saturated carbocycles. The Morgan fingerprint density at radius 3 is 2.81 bits per heavy atom. The third-order valence-corrected chi connectivity index (χ3v) is 2.50. The zero-order chi connectivity index (χ0) is 11.7. The first-order chi connectivity index (χ1) is 7.63. The first kappa shape index (κ1) is 10.6. The molecule has 1 aromatic carbocycles. The Morgan fingerprint density at radius 2 is 2.19 bits per heavy atom. The quantitative estimate of drug-likeness (QED) is 0.562. The van der Waals surface area contributed by atoms with E-state index in [-0.39, 0.29) is 11.9 Å². The fraction of sp³-hybridized carbons (Fsp3) is 0.250. The van der Waals surface area contributed by atoms with Crippen LogP contribution in [0.15, 0.2) is 29.4 Å².